The average molecular weight is 249 g/mol. The van der Waals surface area contributed by atoms with Gasteiger partial charge in [0.05, 0.1) is 12.7 Å². The van der Waals surface area contributed by atoms with Crippen molar-refractivity contribution in [2.45, 2.75) is 38.2 Å². The molecule has 0 aromatic heterocycles. The fraction of sp³-hybridized carbons (Fsp3) is 0.600. The molecule has 100 valence electrons. The molecule has 1 unspecified atom stereocenters. The Morgan fingerprint density at radius 2 is 2.22 bits per heavy atom. The highest BCUT2D eigenvalue weighted by atomic mass is 16.5. The minimum atomic E-state index is -0.622. The van der Waals surface area contributed by atoms with Crippen LogP contribution in [0.4, 0.5) is 0 Å². The van der Waals surface area contributed by atoms with E-state index in [1.54, 1.807) is 7.11 Å². The van der Waals surface area contributed by atoms with Gasteiger partial charge in [-0.25, -0.2) is 0 Å². The summed E-state index contributed by atoms with van der Waals surface area (Å²) in [7, 11) is 1.69. The Labute approximate surface area is 109 Å². The van der Waals surface area contributed by atoms with Crippen LogP contribution in [0.1, 0.15) is 37.3 Å². The first-order valence-corrected chi connectivity index (χ1v) is 6.64. The molecule has 3 nitrogen and oxygen atoms in total. The Balaban J connectivity index is 2.26. The normalized spacial score (nSPS) is 23.6. The van der Waals surface area contributed by atoms with E-state index in [-0.39, 0.29) is 0 Å². The number of hydrogen-bond donors (Lipinski definition) is 2. The molecule has 1 atom stereocenters. The minimum Gasteiger partial charge on any atom is -0.496 e. The number of aliphatic hydroxyl groups is 1. The number of β-amino-alcohol motifs (C(OH)–C–C–N with tert-alkyl or cyclic N) is 1. The number of hydrogen-bond acceptors (Lipinski definition) is 3. The van der Waals surface area contributed by atoms with E-state index in [2.05, 4.69) is 31.3 Å². The van der Waals surface area contributed by atoms with Gasteiger partial charge < -0.3 is 15.2 Å². The van der Waals surface area contributed by atoms with Gasteiger partial charge in [-0.3, -0.25) is 0 Å². The number of benzene rings is 1. The van der Waals surface area contributed by atoms with Gasteiger partial charge >= 0.3 is 0 Å². The Morgan fingerprint density at radius 1 is 1.44 bits per heavy atom. The number of ether oxygens (including phenoxy) is 1. The second kappa shape index (κ2) is 5.29. The average Bonchev–Trinajstić information content (AvgIpc) is 2.75. The third kappa shape index (κ3) is 2.85. The first kappa shape index (κ1) is 13.4. The molecule has 1 heterocycles. The van der Waals surface area contributed by atoms with Gasteiger partial charge in [0, 0.05) is 13.0 Å². The molecule has 3 heteroatoms. The zero-order chi connectivity index (χ0) is 13.2. The molecule has 1 aromatic carbocycles. The summed E-state index contributed by atoms with van der Waals surface area (Å²) < 4.78 is 5.40. The van der Waals surface area contributed by atoms with E-state index in [0.717, 1.165) is 24.3 Å². The molecular weight excluding hydrogens is 226 g/mol. The predicted molar refractivity (Wildman–Crippen MR) is 73.2 cm³/mol. The first-order chi connectivity index (χ1) is 8.54. The molecule has 2 N–H and O–H groups in total. The molecular formula is C15H23NO2. The van der Waals surface area contributed by atoms with Crippen LogP contribution in [0, 0.1) is 0 Å². The summed E-state index contributed by atoms with van der Waals surface area (Å²) >= 11 is 0. The lowest BCUT2D eigenvalue weighted by Gasteiger charge is -2.23. The van der Waals surface area contributed by atoms with E-state index in [4.69, 9.17) is 4.74 Å². The zero-order valence-corrected chi connectivity index (χ0v) is 11.5. The summed E-state index contributed by atoms with van der Waals surface area (Å²) in [5.74, 6) is 1.37. The third-order valence-corrected chi connectivity index (χ3v) is 3.71. The van der Waals surface area contributed by atoms with E-state index in [0.29, 0.717) is 18.9 Å². The highest BCUT2D eigenvalue weighted by Crippen LogP contribution is 2.29. The predicted octanol–water partition coefficient (Wildman–Crippen LogP) is 2.09. The quantitative estimate of drug-likeness (QED) is 0.858. The van der Waals surface area contributed by atoms with Crippen molar-refractivity contribution in [3.8, 4) is 5.75 Å². The first-order valence-electron chi connectivity index (χ1n) is 6.64. The largest absolute Gasteiger partial charge is 0.496 e. The maximum atomic E-state index is 10.5. The van der Waals surface area contributed by atoms with E-state index in [1.165, 1.54) is 5.56 Å². The number of methoxy groups -OCH3 is 1. The summed E-state index contributed by atoms with van der Waals surface area (Å²) in [6, 6.07) is 6.28. The number of rotatable bonds is 4. The van der Waals surface area contributed by atoms with E-state index in [1.807, 2.05) is 6.07 Å². The fourth-order valence-electron chi connectivity index (χ4n) is 2.53. The monoisotopic (exact) mass is 249 g/mol. The topological polar surface area (TPSA) is 41.5 Å². The van der Waals surface area contributed by atoms with Gasteiger partial charge in [0.15, 0.2) is 0 Å². The molecule has 0 bridgehead atoms. The molecule has 1 aromatic rings. The minimum absolute atomic E-state index is 0.492. The lowest BCUT2D eigenvalue weighted by Crippen LogP contribution is -2.33. The Hall–Kier alpha value is -1.06. The van der Waals surface area contributed by atoms with Crippen LogP contribution >= 0.6 is 0 Å². The van der Waals surface area contributed by atoms with Crippen LogP contribution in [0.5, 0.6) is 5.75 Å². The van der Waals surface area contributed by atoms with Gasteiger partial charge in [-0.05, 0) is 36.1 Å². The molecule has 1 fully saturated rings. The SMILES string of the molecule is COc1ccc(C(C)C)cc1CC1(O)CCNC1. The second-order valence-electron chi connectivity index (χ2n) is 5.55. The van der Waals surface area contributed by atoms with Crippen LogP contribution in [0.3, 0.4) is 0 Å². The highest BCUT2D eigenvalue weighted by Gasteiger charge is 2.32. The standard InChI is InChI=1S/C15H23NO2/c1-11(2)12-4-5-14(18-3)13(8-12)9-15(17)6-7-16-10-15/h4-5,8,11,16-17H,6-7,9-10H2,1-3H3. The number of nitrogens with one attached hydrogen (secondary N) is 1. The molecule has 1 aliphatic heterocycles. The van der Waals surface area contributed by atoms with Gasteiger partial charge in [-0.1, -0.05) is 26.0 Å². The van der Waals surface area contributed by atoms with Crippen molar-refractivity contribution in [3.63, 3.8) is 0 Å². The van der Waals surface area contributed by atoms with Crippen LogP contribution in [-0.2, 0) is 6.42 Å². The van der Waals surface area contributed by atoms with Crippen LogP contribution in [-0.4, -0.2) is 30.9 Å². The smallest absolute Gasteiger partial charge is 0.122 e. The highest BCUT2D eigenvalue weighted by molar-refractivity contribution is 5.39. The van der Waals surface area contributed by atoms with Crippen LogP contribution < -0.4 is 10.1 Å². The zero-order valence-electron chi connectivity index (χ0n) is 11.5. The lowest BCUT2D eigenvalue weighted by atomic mass is 9.90. The molecule has 0 spiro atoms. The maximum Gasteiger partial charge on any atom is 0.122 e. The van der Waals surface area contributed by atoms with Crippen LogP contribution in [0.2, 0.25) is 0 Å². The van der Waals surface area contributed by atoms with Crippen molar-refractivity contribution in [1.82, 2.24) is 5.32 Å². The van der Waals surface area contributed by atoms with Gasteiger partial charge in [-0.15, -0.1) is 0 Å². The summed E-state index contributed by atoms with van der Waals surface area (Å²) in [6.07, 6.45) is 1.46. The molecule has 18 heavy (non-hydrogen) atoms. The lowest BCUT2D eigenvalue weighted by molar-refractivity contribution is 0.0612. The van der Waals surface area contributed by atoms with Crippen molar-refractivity contribution in [1.29, 1.82) is 0 Å². The van der Waals surface area contributed by atoms with Gasteiger partial charge in [0.2, 0.25) is 0 Å². The van der Waals surface area contributed by atoms with Crippen molar-refractivity contribution in [2.75, 3.05) is 20.2 Å². The molecule has 0 amide bonds. The van der Waals surface area contributed by atoms with Crippen molar-refractivity contribution in [2.24, 2.45) is 0 Å². The molecule has 1 saturated heterocycles. The summed E-state index contributed by atoms with van der Waals surface area (Å²) in [6.45, 7) is 5.92. The molecule has 1 aliphatic rings. The molecule has 0 saturated carbocycles. The van der Waals surface area contributed by atoms with E-state index < -0.39 is 5.60 Å². The second-order valence-corrected chi connectivity index (χ2v) is 5.55. The fourth-order valence-corrected chi connectivity index (χ4v) is 2.53. The van der Waals surface area contributed by atoms with E-state index in [9.17, 15) is 5.11 Å². The molecule has 2 rings (SSSR count). The van der Waals surface area contributed by atoms with Gasteiger partial charge in [0.1, 0.15) is 5.75 Å². The summed E-state index contributed by atoms with van der Waals surface area (Å²) in [4.78, 5) is 0. The van der Waals surface area contributed by atoms with E-state index >= 15 is 0 Å². The van der Waals surface area contributed by atoms with Gasteiger partial charge in [0.25, 0.3) is 0 Å². The maximum absolute atomic E-state index is 10.5. The van der Waals surface area contributed by atoms with Crippen molar-refractivity contribution in [3.05, 3.63) is 29.3 Å². The third-order valence-electron chi connectivity index (χ3n) is 3.71. The Bertz CT molecular complexity index is 409. The molecule has 0 aliphatic carbocycles. The van der Waals surface area contributed by atoms with Crippen molar-refractivity contribution < 1.29 is 9.84 Å². The van der Waals surface area contributed by atoms with Crippen LogP contribution in [0.25, 0.3) is 0 Å². The Kier molecular flexibility index (Phi) is 3.93. The molecule has 0 radical (unpaired) electrons. The van der Waals surface area contributed by atoms with Gasteiger partial charge in [-0.2, -0.15) is 0 Å². The van der Waals surface area contributed by atoms with Crippen molar-refractivity contribution >= 4 is 0 Å². The summed E-state index contributed by atoms with van der Waals surface area (Å²) in [5, 5.41) is 13.7. The summed E-state index contributed by atoms with van der Waals surface area (Å²) in [5.41, 5.74) is 1.78. The van der Waals surface area contributed by atoms with Crippen LogP contribution in [0.15, 0.2) is 18.2 Å². The Morgan fingerprint density at radius 3 is 2.78 bits per heavy atom.